The molecular weight excluding hydrogens is 492 g/mol. The first-order chi connectivity index (χ1) is 17.1. The van der Waals surface area contributed by atoms with Gasteiger partial charge in [-0.05, 0) is 36.8 Å². The molecule has 2 aromatic rings. The number of benzene rings is 1. The Labute approximate surface area is 213 Å². The number of hydrogen-bond acceptors (Lipinski definition) is 7. The number of aromatic nitrogens is 1. The van der Waals surface area contributed by atoms with Crippen molar-refractivity contribution in [2.24, 2.45) is 11.8 Å². The first kappa shape index (κ1) is 27.6. The van der Waals surface area contributed by atoms with E-state index in [1.165, 1.54) is 32.7 Å². The van der Waals surface area contributed by atoms with Crippen LogP contribution < -0.4 is 24.8 Å². The van der Waals surface area contributed by atoms with Crippen LogP contribution in [0.4, 0.5) is 8.78 Å². The summed E-state index contributed by atoms with van der Waals surface area (Å²) in [4.78, 5) is 30.2. The number of hydrogen-bond donors (Lipinski definition) is 2. The molecule has 1 saturated carbocycles. The Morgan fingerprint density at radius 1 is 1.08 bits per heavy atom. The second-order valence-electron chi connectivity index (χ2n) is 9.19. The number of carbonyl (C=O) groups is 2. The topological polar surface area (TPSA) is 98.8 Å². The normalized spacial score (nSPS) is 16.3. The number of methoxy groups -OCH3 is 3. The van der Waals surface area contributed by atoms with Crippen molar-refractivity contribution < 1.29 is 32.6 Å². The molecule has 1 fully saturated rings. The molecule has 0 radical (unpaired) electrons. The zero-order valence-electron chi connectivity index (χ0n) is 21.2. The molecular formula is C25H33F2N3O5S. The van der Waals surface area contributed by atoms with Gasteiger partial charge in [0.05, 0.1) is 27.4 Å². The van der Waals surface area contributed by atoms with Gasteiger partial charge in [-0.2, -0.15) is 0 Å². The molecule has 1 unspecified atom stereocenters. The summed E-state index contributed by atoms with van der Waals surface area (Å²) in [6.45, 7) is 4.23. The van der Waals surface area contributed by atoms with Crippen molar-refractivity contribution in [1.29, 1.82) is 0 Å². The molecule has 1 aromatic carbocycles. The fraction of sp³-hybridized carbons (Fsp3) is 0.560. The molecule has 11 heteroatoms. The summed E-state index contributed by atoms with van der Waals surface area (Å²) in [6.07, 6.45) is 0.488. The van der Waals surface area contributed by atoms with Crippen LogP contribution in [-0.4, -0.2) is 50.6 Å². The maximum atomic E-state index is 13.3. The Morgan fingerprint density at radius 3 is 2.22 bits per heavy atom. The maximum Gasteiger partial charge on any atom is 0.270 e. The Balaban J connectivity index is 1.68. The van der Waals surface area contributed by atoms with Crippen LogP contribution in [0, 0.1) is 11.8 Å². The predicted octanol–water partition coefficient (Wildman–Crippen LogP) is 4.85. The van der Waals surface area contributed by atoms with Gasteiger partial charge in [-0.25, -0.2) is 13.8 Å². The SMILES string of the molecule is COc1cc(C(=O)NC(c2nc(C(=O)NCC3CCC(F)(F)CC3)cs2)C(C)C)cc(OC)c1OC. The number of amides is 2. The highest BCUT2D eigenvalue weighted by atomic mass is 32.1. The highest BCUT2D eigenvalue weighted by molar-refractivity contribution is 7.09. The van der Waals surface area contributed by atoms with Crippen LogP contribution in [0.2, 0.25) is 0 Å². The van der Waals surface area contributed by atoms with Crippen LogP contribution >= 0.6 is 11.3 Å². The van der Waals surface area contributed by atoms with Gasteiger partial charge in [-0.3, -0.25) is 9.59 Å². The lowest BCUT2D eigenvalue weighted by Crippen LogP contribution is -2.34. The summed E-state index contributed by atoms with van der Waals surface area (Å²) < 4.78 is 42.7. The number of nitrogens with zero attached hydrogens (tertiary/aromatic N) is 1. The largest absolute Gasteiger partial charge is 0.493 e. The molecule has 36 heavy (non-hydrogen) atoms. The van der Waals surface area contributed by atoms with Crippen molar-refractivity contribution in [3.63, 3.8) is 0 Å². The number of nitrogens with one attached hydrogen (secondary N) is 2. The zero-order chi connectivity index (χ0) is 26.5. The first-order valence-electron chi connectivity index (χ1n) is 11.8. The third-order valence-corrected chi connectivity index (χ3v) is 7.22. The summed E-state index contributed by atoms with van der Waals surface area (Å²) in [5.41, 5.74) is 0.562. The predicted molar refractivity (Wildman–Crippen MR) is 132 cm³/mol. The summed E-state index contributed by atoms with van der Waals surface area (Å²) >= 11 is 1.28. The van der Waals surface area contributed by atoms with Gasteiger partial charge < -0.3 is 24.8 Å². The van der Waals surface area contributed by atoms with E-state index >= 15 is 0 Å². The van der Waals surface area contributed by atoms with Crippen LogP contribution in [0.5, 0.6) is 17.2 Å². The number of thiazole rings is 1. The van der Waals surface area contributed by atoms with Crippen LogP contribution in [0.3, 0.4) is 0 Å². The molecule has 1 atom stereocenters. The molecule has 2 amide bonds. The van der Waals surface area contributed by atoms with Crippen LogP contribution in [-0.2, 0) is 0 Å². The maximum absolute atomic E-state index is 13.3. The molecule has 1 aromatic heterocycles. The summed E-state index contributed by atoms with van der Waals surface area (Å²) in [5.74, 6) is -2.18. The number of ether oxygens (including phenoxy) is 3. The minimum Gasteiger partial charge on any atom is -0.493 e. The van der Waals surface area contributed by atoms with Crippen molar-refractivity contribution in [3.05, 3.63) is 33.8 Å². The monoisotopic (exact) mass is 525 g/mol. The van der Waals surface area contributed by atoms with Crippen molar-refractivity contribution in [2.75, 3.05) is 27.9 Å². The third-order valence-electron chi connectivity index (χ3n) is 6.29. The molecule has 1 heterocycles. The highest BCUT2D eigenvalue weighted by Crippen LogP contribution is 2.39. The quantitative estimate of drug-likeness (QED) is 0.460. The lowest BCUT2D eigenvalue weighted by molar-refractivity contribution is -0.0452. The molecule has 2 N–H and O–H groups in total. The van der Waals surface area contributed by atoms with E-state index < -0.39 is 12.0 Å². The van der Waals surface area contributed by atoms with Gasteiger partial charge in [0.1, 0.15) is 10.7 Å². The Morgan fingerprint density at radius 2 is 1.69 bits per heavy atom. The fourth-order valence-electron chi connectivity index (χ4n) is 4.12. The average Bonchev–Trinajstić information content (AvgIpc) is 3.35. The van der Waals surface area contributed by atoms with Crippen molar-refractivity contribution in [1.82, 2.24) is 15.6 Å². The molecule has 8 nitrogen and oxygen atoms in total. The van der Waals surface area contributed by atoms with Crippen molar-refractivity contribution in [2.45, 2.75) is 51.5 Å². The van der Waals surface area contributed by atoms with E-state index in [4.69, 9.17) is 14.2 Å². The van der Waals surface area contributed by atoms with Crippen LogP contribution in [0.1, 0.15) is 71.4 Å². The fourth-order valence-corrected chi connectivity index (χ4v) is 5.14. The summed E-state index contributed by atoms with van der Waals surface area (Å²) in [5, 5.41) is 8.03. The van der Waals surface area contributed by atoms with Gasteiger partial charge in [0.2, 0.25) is 11.7 Å². The zero-order valence-corrected chi connectivity index (χ0v) is 22.0. The second-order valence-corrected chi connectivity index (χ2v) is 10.1. The second kappa shape index (κ2) is 11.9. The number of carbonyl (C=O) groups excluding carboxylic acids is 2. The third kappa shape index (κ3) is 6.63. The van der Waals surface area contributed by atoms with Gasteiger partial charge in [-0.1, -0.05) is 13.8 Å². The smallest absolute Gasteiger partial charge is 0.270 e. The van der Waals surface area contributed by atoms with E-state index in [0.717, 1.165) is 0 Å². The molecule has 3 rings (SSSR count). The van der Waals surface area contributed by atoms with Crippen molar-refractivity contribution in [3.8, 4) is 17.2 Å². The molecule has 0 saturated heterocycles. The Hall–Kier alpha value is -2.95. The Bertz CT molecular complexity index is 1040. The van der Waals surface area contributed by atoms with Gasteiger partial charge in [-0.15, -0.1) is 11.3 Å². The van der Waals surface area contributed by atoms with E-state index in [1.807, 2.05) is 13.8 Å². The molecule has 0 bridgehead atoms. The first-order valence-corrected chi connectivity index (χ1v) is 12.7. The molecule has 0 spiro atoms. The lowest BCUT2D eigenvalue weighted by Gasteiger charge is -2.28. The van der Waals surface area contributed by atoms with E-state index in [-0.39, 0.29) is 42.2 Å². The van der Waals surface area contributed by atoms with Crippen LogP contribution in [0.15, 0.2) is 17.5 Å². The van der Waals surface area contributed by atoms with Crippen molar-refractivity contribution >= 4 is 23.2 Å². The minimum atomic E-state index is -2.59. The highest BCUT2D eigenvalue weighted by Gasteiger charge is 2.35. The molecule has 1 aliphatic rings. The van der Waals surface area contributed by atoms with E-state index in [2.05, 4.69) is 15.6 Å². The number of alkyl halides is 2. The van der Waals surface area contributed by atoms with Gasteiger partial charge in [0, 0.05) is 30.3 Å². The average molecular weight is 526 g/mol. The van der Waals surface area contributed by atoms with Gasteiger partial charge in [0.15, 0.2) is 11.5 Å². The van der Waals surface area contributed by atoms with E-state index in [0.29, 0.717) is 47.2 Å². The molecule has 0 aliphatic heterocycles. The number of rotatable bonds is 10. The summed E-state index contributed by atoms with van der Waals surface area (Å²) in [6, 6.07) is 2.69. The Kier molecular flexibility index (Phi) is 9.10. The van der Waals surface area contributed by atoms with E-state index in [9.17, 15) is 18.4 Å². The lowest BCUT2D eigenvalue weighted by atomic mass is 9.87. The molecule has 1 aliphatic carbocycles. The van der Waals surface area contributed by atoms with Gasteiger partial charge >= 0.3 is 0 Å². The van der Waals surface area contributed by atoms with Crippen LogP contribution in [0.25, 0.3) is 0 Å². The summed E-state index contributed by atoms with van der Waals surface area (Å²) in [7, 11) is 4.43. The molecule has 198 valence electrons. The standard InChI is InChI=1S/C25H33F2N3O5S/c1-14(2)20(30-22(31)16-10-18(33-3)21(35-5)19(11-16)34-4)24-29-17(13-36-24)23(32)28-12-15-6-8-25(26,27)9-7-15/h10-11,13-15,20H,6-9,12H2,1-5H3,(H,28,32)(H,30,31). The number of halogens is 2. The minimum absolute atomic E-state index is 0.0121. The van der Waals surface area contributed by atoms with Gasteiger partial charge in [0.25, 0.3) is 11.8 Å². The van der Waals surface area contributed by atoms with E-state index in [1.54, 1.807) is 17.5 Å².